The maximum absolute atomic E-state index is 11.9. The highest BCUT2D eigenvalue weighted by Crippen LogP contribution is 2.35. The lowest BCUT2D eigenvalue weighted by Crippen LogP contribution is -2.19. The van der Waals surface area contributed by atoms with Crippen LogP contribution < -0.4 is 9.02 Å². The summed E-state index contributed by atoms with van der Waals surface area (Å²) in [7, 11) is 0. The van der Waals surface area contributed by atoms with E-state index in [0.717, 1.165) is 6.07 Å². The molecule has 0 aliphatic rings. The Kier molecular flexibility index (Phi) is 4.63. The van der Waals surface area contributed by atoms with Gasteiger partial charge in [0.2, 0.25) is 24.0 Å². The van der Waals surface area contributed by atoms with Crippen molar-refractivity contribution in [1.82, 2.24) is 4.73 Å². The van der Waals surface area contributed by atoms with Crippen LogP contribution in [0, 0.1) is 0 Å². The second-order valence-electron chi connectivity index (χ2n) is 3.76. The molecule has 0 atom stereocenters. The van der Waals surface area contributed by atoms with Gasteiger partial charge in [-0.1, -0.05) is 17.2 Å². The third-order valence-electron chi connectivity index (χ3n) is 2.45. The normalized spacial score (nSPS) is 9.86. The molecule has 1 aromatic carbocycles. The van der Waals surface area contributed by atoms with Gasteiger partial charge in [-0.3, -0.25) is 4.55 Å². The molecule has 22 heavy (non-hydrogen) atoms. The van der Waals surface area contributed by atoms with Gasteiger partial charge in [0.15, 0.2) is 0 Å². The fraction of sp³-hybridized carbons (Fsp3) is 0. The highest BCUT2D eigenvalue weighted by Gasteiger charge is 2.20. The fourth-order valence-corrected chi connectivity index (χ4v) is 1.69. The van der Waals surface area contributed by atoms with E-state index in [2.05, 4.69) is 14.2 Å². The zero-order chi connectivity index (χ0) is 16.1. The number of carbonyl (C=O) groups excluding carboxylic acids is 1. The smallest absolute Gasteiger partial charge is 0.363 e. The van der Waals surface area contributed by atoms with Crippen molar-refractivity contribution < 1.29 is 28.6 Å². The van der Waals surface area contributed by atoms with E-state index in [9.17, 15) is 15.0 Å². The maximum atomic E-state index is 11.9. The number of rotatable bonds is 5. The molecular formula is C11H8N4O6S. The molecule has 2 rings (SSSR count). The van der Waals surface area contributed by atoms with Crippen molar-refractivity contribution in [2.75, 3.05) is 0 Å². The highest BCUT2D eigenvalue weighted by atomic mass is 32.2. The summed E-state index contributed by atoms with van der Waals surface area (Å²) in [5, 5.41) is 22.6. The molecule has 0 saturated heterocycles. The predicted octanol–water partition coefficient (Wildman–Crippen LogP) is 2.61. The Labute approximate surface area is 127 Å². The van der Waals surface area contributed by atoms with E-state index >= 15 is 0 Å². The number of carbonyl (C=O) groups is 1. The van der Waals surface area contributed by atoms with Crippen LogP contribution in [0.25, 0.3) is 10.4 Å². The lowest BCUT2D eigenvalue weighted by Gasteiger charge is -2.07. The van der Waals surface area contributed by atoms with Gasteiger partial charge in [-0.2, -0.15) is 0 Å². The first-order valence-corrected chi connectivity index (χ1v) is 6.26. The minimum absolute atomic E-state index is 0.0522. The summed E-state index contributed by atoms with van der Waals surface area (Å²) in [6.07, 6.45) is 0. The van der Waals surface area contributed by atoms with Crippen LogP contribution in [0.1, 0.15) is 10.4 Å². The third-order valence-corrected chi connectivity index (χ3v) is 2.70. The van der Waals surface area contributed by atoms with Gasteiger partial charge >= 0.3 is 5.97 Å². The number of hydrogen-bond donors (Lipinski definition) is 3. The Bertz CT molecular complexity index is 738. The molecule has 0 aliphatic carbocycles. The quantitative estimate of drug-likeness (QED) is 0.331. The summed E-state index contributed by atoms with van der Waals surface area (Å²) in [4.78, 5) is 19.3. The van der Waals surface area contributed by atoms with Crippen molar-refractivity contribution in [1.29, 1.82) is 0 Å². The van der Waals surface area contributed by atoms with Crippen molar-refractivity contribution in [3.05, 3.63) is 46.3 Å². The Morgan fingerprint density at radius 2 is 2.00 bits per heavy atom. The molecule has 114 valence electrons. The molecule has 3 N–H and O–H groups in total. The molecule has 0 unspecified atom stereocenters. The van der Waals surface area contributed by atoms with E-state index in [1.54, 1.807) is 0 Å². The Morgan fingerprint density at radius 3 is 2.59 bits per heavy atom. The van der Waals surface area contributed by atoms with Gasteiger partial charge in [0.05, 0.1) is 11.6 Å². The second-order valence-corrected chi connectivity index (χ2v) is 4.07. The van der Waals surface area contributed by atoms with Crippen LogP contribution in [-0.2, 0) is 0 Å². The lowest BCUT2D eigenvalue weighted by molar-refractivity contribution is 0.0380. The summed E-state index contributed by atoms with van der Waals surface area (Å²) in [6.45, 7) is 0. The first-order chi connectivity index (χ1) is 10.6. The van der Waals surface area contributed by atoms with Crippen LogP contribution in [0.15, 0.2) is 35.4 Å². The minimum atomic E-state index is -0.892. The number of hydrogen-bond acceptors (Lipinski definition) is 8. The highest BCUT2D eigenvalue weighted by molar-refractivity contribution is 7.89. The molecule has 0 fully saturated rings. The molecule has 2 aromatic rings. The van der Waals surface area contributed by atoms with Gasteiger partial charge in [0.1, 0.15) is 0 Å². The number of aromatic hydroxyl groups is 2. The topological polar surface area (TPSA) is 150 Å². The molecule has 1 heterocycles. The van der Waals surface area contributed by atoms with E-state index in [1.807, 2.05) is 0 Å². The van der Waals surface area contributed by atoms with Crippen molar-refractivity contribution >= 4 is 24.0 Å². The van der Waals surface area contributed by atoms with Gasteiger partial charge < -0.3 is 19.2 Å². The van der Waals surface area contributed by atoms with Crippen LogP contribution in [-0.4, -0.2) is 25.5 Å². The second kappa shape index (κ2) is 6.63. The average molecular weight is 324 g/mol. The van der Waals surface area contributed by atoms with Gasteiger partial charge in [-0.25, -0.2) is 4.79 Å². The van der Waals surface area contributed by atoms with Crippen LogP contribution in [0.3, 0.4) is 0 Å². The molecule has 0 bridgehead atoms. The van der Waals surface area contributed by atoms with Crippen molar-refractivity contribution in [3.63, 3.8) is 0 Å². The van der Waals surface area contributed by atoms with Crippen molar-refractivity contribution in [2.24, 2.45) is 5.11 Å². The molecule has 0 amide bonds. The Morgan fingerprint density at radius 1 is 1.32 bits per heavy atom. The summed E-state index contributed by atoms with van der Waals surface area (Å²) in [5.41, 5.74) is 8.67. The lowest BCUT2D eigenvalue weighted by atomic mass is 10.2. The van der Waals surface area contributed by atoms with Gasteiger partial charge in [0, 0.05) is 10.6 Å². The van der Waals surface area contributed by atoms with E-state index in [-0.39, 0.29) is 23.6 Å². The SMILES string of the molecule is [N-]=[N+]=Nc1ccc(C(=O)On2c(O)cc(OSO)c2O)cc1. The molecular weight excluding hydrogens is 316 g/mol. The predicted molar refractivity (Wildman–Crippen MR) is 74.8 cm³/mol. The van der Waals surface area contributed by atoms with Gasteiger partial charge in [-0.15, -0.1) is 4.73 Å². The van der Waals surface area contributed by atoms with E-state index < -0.39 is 17.7 Å². The fourth-order valence-electron chi connectivity index (χ4n) is 1.49. The summed E-state index contributed by atoms with van der Waals surface area (Å²) in [6, 6.07) is 6.40. The minimum Gasteiger partial charge on any atom is -0.492 e. The van der Waals surface area contributed by atoms with Crippen molar-refractivity contribution in [2.45, 2.75) is 0 Å². The monoisotopic (exact) mass is 324 g/mol. The average Bonchev–Trinajstić information content (AvgIpc) is 2.76. The van der Waals surface area contributed by atoms with Crippen LogP contribution >= 0.6 is 12.3 Å². The number of aromatic nitrogens is 1. The van der Waals surface area contributed by atoms with Gasteiger partial charge in [-0.05, 0) is 17.7 Å². The molecule has 1 aromatic heterocycles. The van der Waals surface area contributed by atoms with E-state index in [4.69, 9.17) is 14.9 Å². The number of benzene rings is 1. The molecule has 0 radical (unpaired) electrons. The molecule has 0 saturated carbocycles. The number of nitrogens with zero attached hydrogens (tertiary/aromatic N) is 4. The van der Waals surface area contributed by atoms with E-state index in [0.29, 0.717) is 10.4 Å². The third kappa shape index (κ3) is 3.17. The van der Waals surface area contributed by atoms with Crippen molar-refractivity contribution in [3.8, 4) is 17.5 Å². The zero-order valence-corrected chi connectivity index (χ0v) is 11.5. The summed E-state index contributed by atoms with van der Waals surface area (Å²) < 4.78 is 13.5. The first kappa shape index (κ1) is 15.4. The Balaban J connectivity index is 2.20. The molecule has 0 aliphatic heterocycles. The number of azide groups is 1. The van der Waals surface area contributed by atoms with Crippen LogP contribution in [0.4, 0.5) is 5.69 Å². The molecule has 11 heteroatoms. The molecule has 0 spiro atoms. The molecule has 10 nitrogen and oxygen atoms in total. The van der Waals surface area contributed by atoms with Gasteiger partial charge in [0.25, 0.3) is 5.88 Å². The largest absolute Gasteiger partial charge is 0.492 e. The Hall–Kier alpha value is -3.01. The standard InChI is InChI=1S/C11H8N4O6S/c12-14-13-7-3-1-6(2-4-7)11(18)20-15-9(16)5-8(10(15)17)21-22-19/h1-5,16-17,19H. The maximum Gasteiger partial charge on any atom is 0.363 e. The summed E-state index contributed by atoms with van der Waals surface area (Å²) >= 11 is -0.0522. The summed E-state index contributed by atoms with van der Waals surface area (Å²) in [5.74, 6) is -2.51. The van der Waals surface area contributed by atoms with E-state index in [1.165, 1.54) is 24.3 Å². The first-order valence-electron chi connectivity index (χ1n) is 5.56. The van der Waals surface area contributed by atoms with Crippen LogP contribution in [0.2, 0.25) is 0 Å². The zero-order valence-electron chi connectivity index (χ0n) is 10.7. The van der Waals surface area contributed by atoms with Crippen LogP contribution in [0.5, 0.6) is 17.5 Å².